The maximum Gasteiger partial charge on any atom is 0.262 e. The van der Waals surface area contributed by atoms with Gasteiger partial charge >= 0.3 is 0 Å². The summed E-state index contributed by atoms with van der Waals surface area (Å²) in [6.45, 7) is 4.44. The number of ether oxygens (including phenoxy) is 2. The van der Waals surface area contributed by atoms with Crippen molar-refractivity contribution >= 4 is 23.6 Å². The van der Waals surface area contributed by atoms with Crippen molar-refractivity contribution in [3.63, 3.8) is 0 Å². The molecule has 1 aromatic rings. The summed E-state index contributed by atoms with van der Waals surface area (Å²) in [5, 5.41) is 12.8. The maximum absolute atomic E-state index is 12.5. The SMILES string of the molecule is CCOc1cc(/C=C(\C#N)C(=O)N[C@H]2CCCC[C@H]2C)cc(Cl)c1OC. The smallest absolute Gasteiger partial charge is 0.262 e. The molecule has 1 aliphatic carbocycles. The van der Waals surface area contributed by atoms with Crippen molar-refractivity contribution in [2.45, 2.75) is 45.6 Å². The summed E-state index contributed by atoms with van der Waals surface area (Å²) < 4.78 is 10.8. The molecule has 0 heterocycles. The number of carbonyl (C=O) groups is 1. The van der Waals surface area contributed by atoms with E-state index in [1.54, 1.807) is 12.1 Å². The number of carbonyl (C=O) groups excluding carboxylic acids is 1. The molecule has 0 spiro atoms. The maximum atomic E-state index is 12.5. The second-order valence-corrected chi connectivity index (χ2v) is 6.89. The molecule has 1 saturated carbocycles. The molecule has 2 atom stereocenters. The van der Waals surface area contributed by atoms with E-state index in [1.807, 2.05) is 13.0 Å². The van der Waals surface area contributed by atoms with Crippen LogP contribution >= 0.6 is 11.6 Å². The molecule has 0 saturated heterocycles. The topological polar surface area (TPSA) is 71.3 Å². The Morgan fingerprint density at radius 1 is 1.42 bits per heavy atom. The normalized spacial score (nSPS) is 20.2. The van der Waals surface area contributed by atoms with Crippen molar-refractivity contribution in [1.29, 1.82) is 5.26 Å². The van der Waals surface area contributed by atoms with Crippen molar-refractivity contribution in [2.24, 2.45) is 5.92 Å². The minimum atomic E-state index is -0.351. The van der Waals surface area contributed by atoms with Gasteiger partial charge in [-0.15, -0.1) is 0 Å². The molecule has 26 heavy (non-hydrogen) atoms. The van der Waals surface area contributed by atoms with Crippen LogP contribution in [-0.4, -0.2) is 25.7 Å². The number of nitrogens with one attached hydrogen (secondary N) is 1. The number of hydrogen-bond donors (Lipinski definition) is 1. The highest BCUT2D eigenvalue weighted by molar-refractivity contribution is 6.32. The van der Waals surface area contributed by atoms with Crippen molar-refractivity contribution in [2.75, 3.05) is 13.7 Å². The minimum Gasteiger partial charge on any atom is -0.491 e. The molecule has 140 valence electrons. The second-order valence-electron chi connectivity index (χ2n) is 6.48. The molecule has 1 aliphatic rings. The van der Waals surface area contributed by atoms with Gasteiger partial charge in [0.05, 0.1) is 18.7 Å². The monoisotopic (exact) mass is 376 g/mol. The molecule has 0 bridgehead atoms. The molecule has 0 unspecified atom stereocenters. The van der Waals surface area contributed by atoms with E-state index in [9.17, 15) is 10.1 Å². The third kappa shape index (κ3) is 4.92. The van der Waals surface area contributed by atoms with Crippen LogP contribution in [0, 0.1) is 17.2 Å². The lowest BCUT2D eigenvalue weighted by atomic mass is 9.86. The standard InChI is InChI=1S/C20H25ClN2O3/c1-4-26-18-11-14(10-16(21)19(18)25-3)9-15(12-22)20(24)23-17-8-6-5-7-13(17)2/h9-11,13,17H,4-8H2,1-3H3,(H,23,24)/b15-9+/t13-,17+/m1/s1. The molecule has 6 heteroatoms. The van der Waals surface area contributed by atoms with Gasteiger partial charge in [-0.1, -0.05) is 31.4 Å². The molecule has 5 nitrogen and oxygen atoms in total. The minimum absolute atomic E-state index is 0.0476. The Bertz CT molecular complexity index is 725. The van der Waals surface area contributed by atoms with Crippen molar-refractivity contribution in [1.82, 2.24) is 5.32 Å². The first-order valence-corrected chi connectivity index (χ1v) is 9.30. The number of amides is 1. The van der Waals surface area contributed by atoms with Crippen LogP contribution in [0.5, 0.6) is 11.5 Å². The first kappa shape index (κ1) is 20.1. The molecule has 1 N–H and O–H groups in total. The molecular formula is C20H25ClN2O3. The number of nitrogens with zero attached hydrogens (tertiary/aromatic N) is 1. The zero-order valence-electron chi connectivity index (χ0n) is 15.5. The molecule has 2 rings (SSSR count). The van der Waals surface area contributed by atoms with E-state index in [-0.39, 0.29) is 17.5 Å². The summed E-state index contributed by atoms with van der Waals surface area (Å²) in [5.41, 5.74) is 0.661. The summed E-state index contributed by atoms with van der Waals surface area (Å²) in [5.74, 6) is 0.987. The van der Waals surface area contributed by atoms with Crippen LogP contribution in [-0.2, 0) is 4.79 Å². The molecule has 1 amide bonds. The zero-order valence-corrected chi connectivity index (χ0v) is 16.2. The van der Waals surface area contributed by atoms with E-state index in [0.717, 1.165) is 19.3 Å². The van der Waals surface area contributed by atoms with Crippen LogP contribution in [0.3, 0.4) is 0 Å². The lowest BCUT2D eigenvalue weighted by Crippen LogP contribution is -2.41. The van der Waals surface area contributed by atoms with Crippen LogP contribution in [0.15, 0.2) is 17.7 Å². The molecule has 1 fully saturated rings. The van der Waals surface area contributed by atoms with Gasteiger partial charge in [0.15, 0.2) is 11.5 Å². The van der Waals surface area contributed by atoms with E-state index in [0.29, 0.717) is 34.6 Å². The van der Waals surface area contributed by atoms with Crippen LogP contribution in [0.4, 0.5) is 0 Å². The first-order valence-electron chi connectivity index (χ1n) is 8.93. The van der Waals surface area contributed by atoms with Gasteiger partial charge in [0, 0.05) is 6.04 Å². The van der Waals surface area contributed by atoms with Crippen LogP contribution in [0.25, 0.3) is 6.08 Å². The van der Waals surface area contributed by atoms with E-state index in [1.165, 1.54) is 19.6 Å². The fraction of sp³-hybridized carbons (Fsp3) is 0.500. The fourth-order valence-corrected chi connectivity index (χ4v) is 3.52. The highest BCUT2D eigenvalue weighted by Gasteiger charge is 2.24. The summed E-state index contributed by atoms with van der Waals surface area (Å²) in [4.78, 5) is 12.5. The number of hydrogen-bond acceptors (Lipinski definition) is 4. The van der Waals surface area contributed by atoms with Crippen LogP contribution < -0.4 is 14.8 Å². The van der Waals surface area contributed by atoms with Crippen molar-refractivity contribution < 1.29 is 14.3 Å². The summed E-state index contributed by atoms with van der Waals surface area (Å²) >= 11 is 6.23. The van der Waals surface area contributed by atoms with Gasteiger partial charge in [-0.25, -0.2) is 0 Å². The van der Waals surface area contributed by atoms with Gasteiger partial charge in [-0.2, -0.15) is 5.26 Å². The largest absolute Gasteiger partial charge is 0.491 e. The Balaban J connectivity index is 2.24. The lowest BCUT2D eigenvalue weighted by molar-refractivity contribution is -0.118. The zero-order chi connectivity index (χ0) is 19.1. The lowest BCUT2D eigenvalue weighted by Gasteiger charge is -2.29. The molecule has 0 aliphatic heterocycles. The predicted molar refractivity (Wildman–Crippen MR) is 102 cm³/mol. The average Bonchev–Trinajstić information content (AvgIpc) is 2.61. The molecular weight excluding hydrogens is 352 g/mol. The van der Waals surface area contributed by atoms with E-state index in [4.69, 9.17) is 21.1 Å². The van der Waals surface area contributed by atoms with E-state index < -0.39 is 0 Å². The van der Waals surface area contributed by atoms with Gasteiger partial charge in [0.1, 0.15) is 11.6 Å². The predicted octanol–water partition coefficient (Wildman–Crippen LogP) is 4.35. The summed E-state index contributed by atoms with van der Waals surface area (Å²) in [6.07, 6.45) is 5.87. The average molecular weight is 377 g/mol. The van der Waals surface area contributed by atoms with Crippen LogP contribution in [0.1, 0.15) is 45.1 Å². The number of methoxy groups -OCH3 is 1. The Hall–Kier alpha value is -2.19. The third-order valence-corrected chi connectivity index (χ3v) is 4.92. The second kappa shape index (κ2) is 9.49. The Kier molecular flexibility index (Phi) is 7.35. The number of nitriles is 1. The third-order valence-electron chi connectivity index (χ3n) is 4.64. The van der Waals surface area contributed by atoms with Gasteiger partial charge in [-0.05, 0) is 49.5 Å². The Labute approximate surface area is 159 Å². The Morgan fingerprint density at radius 3 is 2.77 bits per heavy atom. The summed E-state index contributed by atoms with van der Waals surface area (Å²) in [7, 11) is 1.51. The number of rotatable bonds is 6. The molecule has 0 radical (unpaired) electrons. The highest BCUT2D eigenvalue weighted by Crippen LogP contribution is 2.37. The quantitative estimate of drug-likeness (QED) is 0.591. The van der Waals surface area contributed by atoms with Gasteiger partial charge in [0.25, 0.3) is 5.91 Å². The Morgan fingerprint density at radius 2 is 2.15 bits per heavy atom. The van der Waals surface area contributed by atoms with Crippen molar-refractivity contribution in [3.8, 4) is 17.6 Å². The number of benzene rings is 1. The van der Waals surface area contributed by atoms with Gasteiger partial charge in [0.2, 0.25) is 0 Å². The van der Waals surface area contributed by atoms with Crippen molar-refractivity contribution in [3.05, 3.63) is 28.3 Å². The van der Waals surface area contributed by atoms with Gasteiger partial charge in [-0.3, -0.25) is 4.79 Å². The first-order chi connectivity index (χ1) is 12.5. The van der Waals surface area contributed by atoms with E-state index >= 15 is 0 Å². The highest BCUT2D eigenvalue weighted by atomic mass is 35.5. The molecule has 0 aromatic heterocycles. The summed E-state index contributed by atoms with van der Waals surface area (Å²) in [6, 6.07) is 5.47. The van der Waals surface area contributed by atoms with Gasteiger partial charge < -0.3 is 14.8 Å². The fourth-order valence-electron chi connectivity index (χ4n) is 3.22. The van der Waals surface area contributed by atoms with E-state index in [2.05, 4.69) is 12.2 Å². The number of halogens is 1. The van der Waals surface area contributed by atoms with Crippen LogP contribution in [0.2, 0.25) is 5.02 Å². The molecule has 1 aromatic carbocycles.